The average molecular weight is 431 g/mol. The molecule has 1 heterocycles. The highest BCUT2D eigenvalue weighted by molar-refractivity contribution is 5.95. The minimum Gasteiger partial charge on any atom is -0.508 e. The number of methoxy groups -OCH3 is 1. The summed E-state index contributed by atoms with van der Waals surface area (Å²) >= 11 is 0. The molecule has 5 N–H and O–H groups in total. The number of amidine groups is 1. The van der Waals surface area contributed by atoms with Crippen molar-refractivity contribution in [3.8, 4) is 17.2 Å². The Bertz CT molecular complexity index is 1170. The summed E-state index contributed by atoms with van der Waals surface area (Å²) in [6.45, 7) is 1.35. The average Bonchev–Trinajstić information content (AvgIpc) is 2.78. The Morgan fingerprint density at radius 1 is 1.06 bits per heavy atom. The van der Waals surface area contributed by atoms with Crippen molar-refractivity contribution >= 4 is 17.5 Å². The van der Waals surface area contributed by atoms with Gasteiger partial charge in [0.15, 0.2) is 11.5 Å². The molecule has 164 valence electrons. The third-order valence-electron chi connectivity index (χ3n) is 5.68. The lowest BCUT2D eigenvalue weighted by Gasteiger charge is -2.34. The molecule has 2 unspecified atom stereocenters. The molecule has 1 aliphatic rings. The molecule has 1 aliphatic heterocycles. The summed E-state index contributed by atoms with van der Waals surface area (Å²) in [4.78, 5) is 11.4. The predicted octanol–water partition coefficient (Wildman–Crippen LogP) is 4.30. The summed E-state index contributed by atoms with van der Waals surface area (Å²) in [6.07, 6.45) is 0.731. The van der Waals surface area contributed by atoms with Gasteiger partial charge in [-0.05, 0) is 65.6 Å². The first-order chi connectivity index (χ1) is 15.4. The van der Waals surface area contributed by atoms with Crippen LogP contribution in [-0.4, -0.2) is 24.0 Å². The number of nitrogens with two attached hydrogens (primary N) is 1. The van der Waals surface area contributed by atoms with Crippen LogP contribution in [0.4, 0.5) is 5.69 Å². The number of benzene rings is 3. The topological polar surface area (TPSA) is 118 Å². The number of aromatic hydroxyl groups is 1. The van der Waals surface area contributed by atoms with E-state index in [4.69, 9.17) is 20.6 Å². The number of rotatable bonds is 5. The lowest BCUT2D eigenvalue weighted by molar-refractivity contribution is -0.132. The zero-order valence-corrected chi connectivity index (χ0v) is 17.9. The van der Waals surface area contributed by atoms with Gasteiger partial charge in [-0.1, -0.05) is 18.2 Å². The molecule has 4 rings (SSSR count). The van der Waals surface area contributed by atoms with Gasteiger partial charge in [-0.25, -0.2) is 0 Å². The number of nitrogen functional groups attached to an aromatic ring is 1. The maximum absolute atomic E-state index is 11.4. The minimum absolute atomic E-state index is 0.0187. The van der Waals surface area contributed by atoms with E-state index in [1.807, 2.05) is 42.5 Å². The minimum atomic E-state index is -0.408. The molecule has 0 bridgehead atoms. The predicted molar refractivity (Wildman–Crippen MR) is 123 cm³/mol. The van der Waals surface area contributed by atoms with E-state index in [2.05, 4.69) is 5.32 Å². The highest BCUT2D eigenvalue weighted by Crippen LogP contribution is 2.45. The molecule has 0 amide bonds. The van der Waals surface area contributed by atoms with Gasteiger partial charge in [0.1, 0.15) is 11.6 Å². The molecule has 0 aliphatic carbocycles. The van der Waals surface area contributed by atoms with Crippen molar-refractivity contribution in [3.05, 3.63) is 82.9 Å². The fraction of sp³-hybridized carbons (Fsp3) is 0.200. The quantitative estimate of drug-likeness (QED) is 0.207. The van der Waals surface area contributed by atoms with E-state index in [0.29, 0.717) is 17.1 Å². The van der Waals surface area contributed by atoms with Gasteiger partial charge in [-0.15, -0.1) is 0 Å². The van der Waals surface area contributed by atoms with E-state index in [9.17, 15) is 9.90 Å². The standard InChI is InChI=1S/C25H25N3O4/c1-14(29)32-23-10-6-16(12-24(23)31-2)22-13-19(15-3-7-18(30)8-4-15)20-11-17(25(26)27)5-9-21(20)28-22/h3-12,19,22,28,30H,13H2,1-2H3,(H3,26,27). The first-order valence-electron chi connectivity index (χ1n) is 10.3. The van der Waals surface area contributed by atoms with Crippen molar-refractivity contribution in [3.63, 3.8) is 0 Å². The van der Waals surface area contributed by atoms with Gasteiger partial charge >= 0.3 is 5.97 Å². The Balaban J connectivity index is 1.75. The Labute approximate surface area is 186 Å². The summed E-state index contributed by atoms with van der Waals surface area (Å²) in [7, 11) is 1.54. The van der Waals surface area contributed by atoms with Crippen LogP contribution < -0.4 is 20.5 Å². The first-order valence-corrected chi connectivity index (χ1v) is 10.3. The van der Waals surface area contributed by atoms with Crippen LogP contribution in [0.2, 0.25) is 0 Å². The summed E-state index contributed by atoms with van der Waals surface area (Å²) in [5, 5.41) is 21.1. The van der Waals surface area contributed by atoms with Crippen molar-refractivity contribution in [2.75, 3.05) is 12.4 Å². The summed E-state index contributed by atoms with van der Waals surface area (Å²) in [6, 6.07) is 18.4. The fourth-order valence-electron chi connectivity index (χ4n) is 4.14. The zero-order chi connectivity index (χ0) is 22.8. The van der Waals surface area contributed by atoms with Gasteiger partial charge in [0.25, 0.3) is 0 Å². The first kappa shape index (κ1) is 21.2. The Hall–Kier alpha value is -4.00. The molecule has 7 heteroatoms. The highest BCUT2D eigenvalue weighted by atomic mass is 16.6. The number of carbonyl (C=O) groups is 1. The van der Waals surface area contributed by atoms with Crippen LogP contribution in [0.25, 0.3) is 0 Å². The Morgan fingerprint density at radius 3 is 2.44 bits per heavy atom. The number of fused-ring (bicyclic) bond motifs is 1. The van der Waals surface area contributed by atoms with Crippen LogP contribution in [-0.2, 0) is 4.79 Å². The van der Waals surface area contributed by atoms with Crippen molar-refractivity contribution in [1.82, 2.24) is 0 Å². The SMILES string of the molecule is COc1cc(C2CC(c3ccc(O)cc3)c3cc(C(=N)N)ccc3N2)ccc1OC(C)=O. The molecule has 0 aromatic heterocycles. The van der Waals surface area contributed by atoms with Crippen LogP contribution in [0.15, 0.2) is 60.7 Å². The lowest BCUT2D eigenvalue weighted by Crippen LogP contribution is -2.23. The fourth-order valence-corrected chi connectivity index (χ4v) is 4.14. The molecule has 0 fully saturated rings. The number of hydrogen-bond acceptors (Lipinski definition) is 6. The molecule has 3 aromatic rings. The van der Waals surface area contributed by atoms with E-state index in [1.54, 1.807) is 18.2 Å². The second kappa shape index (κ2) is 8.63. The molecule has 0 radical (unpaired) electrons. The van der Waals surface area contributed by atoms with Gasteiger partial charge in [0, 0.05) is 24.1 Å². The number of phenols is 1. The van der Waals surface area contributed by atoms with Gasteiger partial charge < -0.3 is 25.6 Å². The van der Waals surface area contributed by atoms with E-state index in [1.165, 1.54) is 14.0 Å². The highest BCUT2D eigenvalue weighted by Gasteiger charge is 2.30. The van der Waals surface area contributed by atoms with Crippen molar-refractivity contribution in [1.29, 1.82) is 5.41 Å². The number of esters is 1. The molecule has 7 nitrogen and oxygen atoms in total. The van der Waals surface area contributed by atoms with E-state index < -0.39 is 5.97 Å². The summed E-state index contributed by atoms with van der Waals surface area (Å²) in [5.41, 5.74) is 10.4. The molecule has 0 saturated heterocycles. The second-order valence-corrected chi connectivity index (χ2v) is 7.80. The molecule has 0 saturated carbocycles. The maximum atomic E-state index is 11.4. The number of carbonyl (C=O) groups excluding carboxylic acids is 1. The lowest BCUT2D eigenvalue weighted by atomic mass is 9.79. The number of nitrogens with one attached hydrogen (secondary N) is 2. The van der Waals surface area contributed by atoms with Gasteiger partial charge in [-0.3, -0.25) is 10.2 Å². The molecule has 3 aromatic carbocycles. The van der Waals surface area contributed by atoms with Crippen molar-refractivity contribution < 1.29 is 19.4 Å². The second-order valence-electron chi connectivity index (χ2n) is 7.80. The summed E-state index contributed by atoms with van der Waals surface area (Å²) in [5.74, 6) is 0.706. The molecule has 32 heavy (non-hydrogen) atoms. The third kappa shape index (κ3) is 4.23. The number of anilines is 1. The van der Waals surface area contributed by atoms with E-state index in [0.717, 1.165) is 28.8 Å². The number of ether oxygens (including phenoxy) is 2. The van der Waals surface area contributed by atoms with Crippen LogP contribution in [0.1, 0.15) is 47.6 Å². The maximum Gasteiger partial charge on any atom is 0.308 e. The van der Waals surface area contributed by atoms with Gasteiger partial charge in [-0.2, -0.15) is 0 Å². The molecule has 0 spiro atoms. The monoisotopic (exact) mass is 431 g/mol. The van der Waals surface area contributed by atoms with Crippen LogP contribution in [0.5, 0.6) is 17.2 Å². The van der Waals surface area contributed by atoms with Crippen LogP contribution in [0.3, 0.4) is 0 Å². The van der Waals surface area contributed by atoms with Crippen LogP contribution >= 0.6 is 0 Å². The molecule has 2 atom stereocenters. The summed E-state index contributed by atoms with van der Waals surface area (Å²) < 4.78 is 10.7. The van der Waals surface area contributed by atoms with Crippen molar-refractivity contribution in [2.45, 2.75) is 25.3 Å². The number of phenolic OH excluding ortho intramolecular Hbond substituents is 1. The van der Waals surface area contributed by atoms with E-state index >= 15 is 0 Å². The number of hydrogen-bond donors (Lipinski definition) is 4. The van der Waals surface area contributed by atoms with Gasteiger partial charge in [0.05, 0.1) is 13.2 Å². The largest absolute Gasteiger partial charge is 0.508 e. The third-order valence-corrected chi connectivity index (χ3v) is 5.68. The smallest absolute Gasteiger partial charge is 0.308 e. The van der Waals surface area contributed by atoms with Crippen molar-refractivity contribution in [2.24, 2.45) is 5.73 Å². The van der Waals surface area contributed by atoms with Gasteiger partial charge in [0.2, 0.25) is 0 Å². The zero-order valence-electron chi connectivity index (χ0n) is 17.9. The van der Waals surface area contributed by atoms with E-state index in [-0.39, 0.29) is 23.5 Å². The molecular formula is C25H25N3O4. The van der Waals surface area contributed by atoms with Crippen LogP contribution in [0, 0.1) is 5.41 Å². The molecular weight excluding hydrogens is 406 g/mol. The Kier molecular flexibility index (Phi) is 5.73. The Morgan fingerprint density at radius 2 is 1.78 bits per heavy atom. The normalized spacial score (nSPS) is 17.1.